The maximum absolute atomic E-state index is 5.75. The molecule has 0 radical (unpaired) electrons. The smallest absolute Gasteiger partial charge is 0.0727 e. The lowest BCUT2D eigenvalue weighted by Crippen LogP contribution is -2.29. The van der Waals surface area contributed by atoms with Crippen molar-refractivity contribution in [2.24, 2.45) is 5.73 Å². The van der Waals surface area contributed by atoms with Gasteiger partial charge in [-0.1, -0.05) is 6.92 Å². The van der Waals surface area contributed by atoms with E-state index in [4.69, 9.17) is 10.5 Å². The highest BCUT2D eigenvalue weighted by molar-refractivity contribution is 4.81. The molecule has 54 valence electrons. The highest BCUT2D eigenvalue weighted by Gasteiger charge is 2.27. The zero-order valence-electron chi connectivity index (χ0n) is 6.13. The van der Waals surface area contributed by atoms with E-state index < -0.39 is 0 Å². The van der Waals surface area contributed by atoms with Crippen LogP contribution in [-0.4, -0.2) is 18.2 Å². The van der Waals surface area contributed by atoms with Gasteiger partial charge in [-0.15, -0.1) is 0 Å². The second-order valence-electron chi connectivity index (χ2n) is 2.79. The number of ether oxygens (including phenoxy) is 1. The molecule has 1 fully saturated rings. The molecule has 2 nitrogen and oxygen atoms in total. The minimum atomic E-state index is 0.282. The average Bonchev–Trinajstić information content (AvgIpc) is 2.10. The molecule has 0 aromatic rings. The van der Waals surface area contributed by atoms with Gasteiger partial charge in [0.2, 0.25) is 0 Å². The standard InChI is InChI=1S/C7H15NO/c1-3-7-6(8)4-5(2)9-7/h5-7H,3-4,8H2,1-2H3/t5-,6?,7?/m0/s1. The minimum Gasteiger partial charge on any atom is -0.374 e. The molecule has 0 spiro atoms. The maximum Gasteiger partial charge on any atom is 0.0727 e. The van der Waals surface area contributed by atoms with Gasteiger partial charge < -0.3 is 10.5 Å². The van der Waals surface area contributed by atoms with Crippen molar-refractivity contribution in [1.29, 1.82) is 0 Å². The van der Waals surface area contributed by atoms with Crippen LogP contribution in [0.2, 0.25) is 0 Å². The van der Waals surface area contributed by atoms with Crippen molar-refractivity contribution in [3.63, 3.8) is 0 Å². The second kappa shape index (κ2) is 2.67. The molecule has 1 saturated heterocycles. The van der Waals surface area contributed by atoms with Gasteiger partial charge in [-0.2, -0.15) is 0 Å². The Bertz CT molecular complexity index is 94.9. The van der Waals surface area contributed by atoms with Gasteiger partial charge in [0.15, 0.2) is 0 Å². The fourth-order valence-corrected chi connectivity index (χ4v) is 1.39. The molecule has 3 atom stereocenters. The molecule has 9 heavy (non-hydrogen) atoms. The molecule has 0 aromatic carbocycles. The summed E-state index contributed by atoms with van der Waals surface area (Å²) in [5.41, 5.74) is 5.75. The van der Waals surface area contributed by atoms with Crippen molar-refractivity contribution in [3.05, 3.63) is 0 Å². The summed E-state index contributed by atoms with van der Waals surface area (Å²) in [6.45, 7) is 4.19. The summed E-state index contributed by atoms with van der Waals surface area (Å²) in [5.74, 6) is 0. The summed E-state index contributed by atoms with van der Waals surface area (Å²) in [4.78, 5) is 0. The van der Waals surface area contributed by atoms with E-state index >= 15 is 0 Å². The van der Waals surface area contributed by atoms with Crippen LogP contribution in [0.5, 0.6) is 0 Å². The zero-order chi connectivity index (χ0) is 6.85. The third kappa shape index (κ3) is 1.43. The fourth-order valence-electron chi connectivity index (χ4n) is 1.39. The molecular weight excluding hydrogens is 114 g/mol. The van der Waals surface area contributed by atoms with Crippen molar-refractivity contribution in [2.75, 3.05) is 0 Å². The molecule has 0 amide bonds. The van der Waals surface area contributed by atoms with E-state index in [0.29, 0.717) is 12.2 Å². The van der Waals surface area contributed by atoms with E-state index in [0.717, 1.165) is 12.8 Å². The lowest BCUT2D eigenvalue weighted by molar-refractivity contribution is 0.0500. The molecule has 0 aromatic heterocycles. The lowest BCUT2D eigenvalue weighted by atomic mass is 10.1. The number of hydrogen-bond donors (Lipinski definition) is 1. The number of hydrogen-bond acceptors (Lipinski definition) is 2. The van der Waals surface area contributed by atoms with Crippen LogP contribution in [0, 0.1) is 0 Å². The van der Waals surface area contributed by atoms with E-state index in [1.807, 2.05) is 0 Å². The van der Waals surface area contributed by atoms with Gasteiger partial charge in [0, 0.05) is 6.04 Å². The Kier molecular flexibility index (Phi) is 2.09. The van der Waals surface area contributed by atoms with Gasteiger partial charge >= 0.3 is 0 Å². The van der Waals surface area contributed by atoms with Crippen LogP contribution in [-0.2, 0) is 4.74 Å². The highest BCUT2D eigenvalue weighted by atomic mass is 16.5. The van der Waals surface area contributed by atoms with Crippen LogP contribution in [0.15, 0.2) is 0 Å². The van der Waals surface area contributed by atoms with Crippen LogP contribution in [0.25, 0.3) is 0 Å². The molecule has 2 unspecified atom stereocenters. The third-order valence-electron chi connectivity index (χ3n) is 1.89. The largest absolute Gasteiger partial charge is 0.374 e. The van der Waals surface area contributed by atoms with Crippen LogP contribution in [0.4, 0.5) is 0 Å². The Morgan fingerprint density at radius 3 is 2.56 bits per heavy atom. The fraction of sp³-hybridized carbons (Fsp3) is 1.00. The highest BCUT2D eigenvalue weighted by Crippen LogP contribution is 2.19. The quantitative estimate of drug-likeness (QED) is 0.571. The normalized spacial score (nSPS) is 43.7. The van der Waals surface area contributed by atoms with E-state index in [-0.39, 0.29) is 6.04 Å². The molecule has 1 aliphatic heterocycles. The van der Waals surface area contributed by atoms with Crippen LogP contribution in [0.1, 0.15) is 26.7 Å². The van der Waals surface area contributed by atoms with Crippen molar-refractivity contribution in [3.8, 4) is 0 Å². The Morgan fingerprint density at radius 2 is 2.33 bits per heavy atom. The monoisotopic (exact) mass is 129 g/mol. The molecule has 2 heteroatoms. The Balaban J connectivity index is 2.38. The predicted molar refractivity (Wildman–Crippen MR) is 37.2 cm³/mol. The van der Waals surface area contributed by atoms with Crippen LogP contribution < -0.4 is 5.73 Å². The Morgan fingerprint density at radius 1 is 1.67 bits per heavy atom. The lowest BCUT2D eigenvalue weighted by Gasteiger charge is -2.10. The first kappa shape index (κ1) is 7.03. The van der Waals surface area contributed by atoms with Gasteiger partial charge in [-0.25, -0.2) is 0 Å². The number of rotatable bonds is 1. The summed E-state index contributed by atoms with van der Waals surface area (Å²) in [5, 5.41) is 0. The van der Waals surface area contributed by atoms with Crippen LogP contribution in [0.3, 0.4) is 0 Å². The van der Waals surface area contributed by atoms with E-state index in [2.05, 4.69) is 13.8 Å². The first-order valence-corrected chi connectivity index (χ1v) is 3.65. The summed E-state index contributed by atoms with van der Waals surface area (Å²) in [6.07, 6.45) is 2.77. The van der Waals surface area contributed by atoms with Crippen molar-refractivity contribution in [2.45, 2.75) is 44.9 Å². The molecule has 2 N–H and O–H groups in total. The van der Waals surface area contributed by atoms with Gasteiger partial charge in [0.1, 0.15) is 0 Å². The minimum absolute atomic E-state index is 0.282. The Labute approximate surface area is 56.4 Å². The molecule has 0 aliphatic carbocycles. The second-order valence-corrected chi connectivity index (χ2v) is 2.79. The van der Waals surface area contributed by atoms with Crippen molar-refractivity contribution >= 4 is 0 Å². The summed E-state index contributed by atoms with van der Waals surface area (Å²) in [6, 6.07) is 0.282. The van der Waals surface area contributed by atoms with Gasteiger partial charge in [0.25, 0.3) is 0 Å². The molecule has 0 saturated carbocycles. The predicted octanol–water partition coefficient (Wildman–Crippen LogP) is 0.901. The summed E-state index contributed by atoms with van der Waals surface area (Å²) < 4.78 is 5.50. The molecule has 1 heterocycles. The molecular formula is C7H15NO. The van der Waals surface area contributed by atoms with Gasteiger partial charge in [-0.05, 0) is 19.8 Å². The number of nitrogens with two attached hydrogens (primary N) is 1. The molecule has 0 bridgehead atoms. The van der Waals surface area contributed by atoms with Gasteiger partial charge in [0.05, 0.1) is 12.2 Å². The average molecular weight is 129 g/mol. The topological polar surface area (TPSA) is 35.2 Å². The van der Waals surface area contributed by atoms with E-state index in [1.165, 1.54) is 0 Å². The zero-order valence-corrected chi connectivity index (χ0v) is 6.13. The summed E-state index contributed by atoms with van der Waals surface area (Å²) >= 11 is 0. The van der Waals surface area contributed by atoms with Crippen molar-refractivity contribution < 1.29 is 4.74 Å². The first-order valence-electron chi connectivity index (χ1n) is 3.65. The SMILES string of the molecule is CCC1O[C@@H](C)CC1N. The maximum atomic E-state index is 5.75. The van der Waals surface area contributed by atoms with E-state index in [9.17, 15) is 0 Å². The molecule has 1 aliphatic rings. The van der Waals surface area contributed by atoms with Gasteiger partial charge in [-0.3, -0.25) is 0 Å². The third-order valence-corrected chi connectivity index (χ3v) is 1.89. The summed E-state index contributed by atoms with van der Waals surface area (Å²) in [7, 11) is 0. The Hall–Kier alpha value is -0.0800. The van der Waals surface area contributed by atoms with E-state index in [1.54, 1.807) is 0 Å². The first-order chi connectivity index (χ1) is 4.24. The van der Waals surface area contributed by atoms with Crippen LogP contribution >= 0.6 is 0 Å². The van der Waals surface area contributed by atoms with Crippen molar-refractivity contribution in [1.82, 2.24) is 0 Å². The molecule has 1 rings (SSSR count).